The van der Waals surface area contributed by atoms with E-state index in [0.717, 1.165) is 0 Å². The summed E-state index contributed by atoms with van der Waals surface area (Å²) in [5, 5.41) is 14.8. The molecule has 0 spiro atoms. The molecule has 10 N–H and O–H groups in total. The van der Waals surface area contributed by atoms with Crippen molar-refractivity contribution in [2.45, 2.75) is 0 Å². The molecular formula is H10NO8Th+. The zero-order chi connectivity index (χ0) is 3.58. The second kappa shape index (κ2) is 58.5. The van der Waals surface area contributed by atoms with Crippen molar-refractivity contribution in [2.75, 3.05) is 0 Å². The Balaban J connectivity index is -0.00000000300. The van der Waals surface area contributed by atoms with Crippen LogP contribution in [0.25, 0.3) is 0 Å². The topological polar surface area (TPSA) is 224 Å². The number of hydrogen-bond acceptors (Lipinski definition) is 3. The maximum absolute atomic E-state index is 8.25. The van der Waals surface area contributed by atoms with Crippen molar-refractivity contribution in [1.82, 2.24) is 0 Å². The Hall–Kier alpha value is 0.325. The van der Waals surface area contributed by atoms with Crippen LogP contribution in [0.4, 0.5) is 0 Å². The van der Waals surface area contributed by atoms with Crippen molar-refractivity contribution in [3.63, 3.8) is 0 Å². The van der Waals surface area contributed by atoms with Crippen molar-refractivity contribution in [3.8, 4) is 0 Å². The molecule has 9 nitrogen and oxygen atoms in total. The first-order valence-corrected chi connectivity index (χ1v) is 0.548. The van der Waals surface area contributed by atoms with Gasteiger partial charge in [0.15, 0.2) is 0 Å². The molecular weight excluding hydrogens is 374 g/mol. The molecule has 0 aliphatic heterocycles. The van der Waals surface area contributed by atoms with Crippen molar-refractivity contribution >= 4 is 0 Å². The summed E-state index contributed by atoms with van der Waals surface area (Å²) in [5.41, 5.74) is 0. The first-order chi connectivity index (χ1) is 1.73. The largest absolute Gasteiger partial charge is 2.00 e. The Morgan fingerprint density at radius 3 is 0.800 bits per heavy atom. The van der Waals surface area contributed by atoms with E-state index in [1.165, 1.54) is 0 Å². The minimum absolute atomic E-state index is 0. The molecule has 10 heteroatoms. The Morgan fingerprint density at radius 2 is 0.800 bits per heavy atom. The third-order valence-electron chi connectivity index (χ3n) is 0. The van der Waals surface area contributed by atoms with Crippen molar-refractivity contribution in [1.29, 1.82) is 0 Å². The van der Waals surface area contributed by atoms with Gasteiger partial charge < -0.3 is 42.7 Å². The summed E-state index contributed by atoms with van der Waals surface area (Å²) >= 11 is 0. The molecule has 0 aromatic heterocycles. The summed E-state index contributed by atoms with van der Waals surface area (Å²) in [5.74, 6) is 0. The molecule has 0 fully saturated rings. The van der Waals surface area contributed by atoms with Crippen LogP contribution in [-0.4, -0.2) is 32.5 Å². The summed E-state index contributed by atoms with van der Waals surface area (Å²) in [4.78, 5) is 8.25. The Kier molecular flexibility index (Phi) is 475. The summed E-state index contributed by atoms with van der Waals surface area (Å²) < 4.78 is 0. The van der Waals surface area contributed by atoms with Gasteiger partial charge >= 0.3 is 39.9 Å². The second-order valence-corrected chi connectivity index (χ2v) is 0.224. The van der Waals surface area contributed by atoms with Crippen LogP contribution in [-0.2, 0) is 0 Å². The normalized spacial score (nSPS) is 2.40. The first kappa shape index (κ1) is 81.2. The molecule has 0 aliphatic rings. The fourth-order valence-corrected chi connectivity index (χ4v) is 0. The molecule has 0 atom stereocenters. The molecule has 0 saturated heterocycles. The molecule has 0 heterocycles. The molecule has 0 saturated carbocycles. The molecule has 0 amide bonds. The van der Waals surface area contributed by atoms with Gasteiger partial charge in [0.2, 0.25) is 0 Å². The molecule has 0 unspecified atom stereocenters. The number of rotatable bonds is 0. The zero-order valence-electron chi connectivity index (χ0n) is 4.67. The van der Waals surface area contributed by atoms with Gasteiger partial charge in [-0.2, -0.15) is 0 Å². The summed E-state index contributed by atoms with van der Waals surface area (Å²) in [6, 6.07) is 0. The van der Waals surface area contributed by atoms with Crippen molar-refractivity contribution in [2.24, 2.45) is 0 Å². The third-order valence-corrected chi connectivity index (χ3v) is 0. The van der Waals surface area contributed by atoms with Gasteiger partial charge in [-0.3, -0.25) is 0 Å². The molecule has 10 heavy (non-hydrogen) atoms. The van der Waals surface area contributed by atoms with Gasteiger partial charge in [0, 0.05) is 0 Å². The van der Waals surface area contributed by atoms with Gasteiger partial charge in [-0.05, 0) is 0 Å². The number of hydrogen-bond donors (Lipinski definition) is 0. The average molecular weight is 384 g/mol. The minimum atomic E-state index is -1.75. The van der Waals surface area contributed by atoms with E-state index in [1.54, 1.807) is 0 Å². The van der Waals surface area contributed by atoms with Crippen LogP contribution >= 0.6 is 0 Å². The van der Waals surface area contributed by atoms with E-state index in [1.807, 2.05) is 0 Å². The van der Waals surface area contributed by atoms with Crippen molar-refractivity contribution < 1.29 is 72.4 Å². The van der Waals surface area contributed by atoms with Gasteiger partial charge in [-0.25, -0.2) is 0 Å². The van der Waals surface area contributed by atoms with E-state index in [4.69, 9.17) is 15.3 Å². The fourth-order valence-electron chi connectivity index (χ4n) is 0. The maximum atomic E-state index is 8.25. The van der Waals surface area contributed by atoms with Crippen LogP contribution < -0.4 is 0 Å². The first-order valence-electron chi connectivity index (χ1n) is 0.548. The van der Waals surface area contributed by atoms with Crippen LogP contribution in [0.5, 0.6) is 0 Å². The van der Waals surface area contributed by atoms with Gasteiger partial charge in [0.05, 0.1) is 5.09 Å². The third kappa shape index (κ3) is 4240. The van der Waals surface area contributed by atoms with Crippen LogP contribution in [0.2, 0.25) is 0 Å². The summed E-state index contributed by atoms with van der Waals surface area (Å²) in [6.45, 7) is 0. The van der Waals surface area contributed by atoms with Crippen LogP contribution in [0.15, 0.2) is 0 Å². The molecule has 0 radical (unpaired) electrons. The number of nitrogens with zero attached hydrogens (tertiary/aromatic N) is 1. The van der Waals surface area contributed by atoms with Crippen LogP contribution in [0.3, 0.4) is 0 Å². The minimum Gasteiger partial charge on any atom is -0.412 e. The molecule has 0 aliphatic carbocycles. The van der Waals surface area contributed by atoms with Gasteiger partial charge in [0.1, 0.15) is 0 Å². The fraction of sp³-hybridized carbons (Fsp3) is 0. The average Bonchev–Trinajstić information content (AvgIpc) is 0.811. The van der Waals surface area contributed by atoms with E-state index in [9.17, 15) is 0 Å². The monoisotopic (exact) mass is 384 g/mol. The predicted octanol–water partition coefficient (Wildman–Crippen LogP) is -4.36. The molecule has 0 aromatic rings. The van der Waals surface area contributed by atoms with E-state index in [0.29, 0.717) is 0 Å². The molecule has 0 aromatic carbocycles. The Morgan fingerprint density at radius 1 is 0.800 bits per heavy atom. The van der Waals surface area contributed by atoms with E-state index in [2.05, 4.69) is 0 Å². The summed E-state index contributed by atoms with van der Waals surface area (Å²) in [7, 11) is 0. The van der Waals surface area contributed by atoms with Crippen LogP contribution in [0.1, 0.15) is 0 Å². The Bertz CT molecular complexity index is 32.2. The van der Waals surface area contributed by atoms with Crippen LogP contribution in [0, 0.1) is 55.3 Å². The molecule has 0 bridgehead atoms. The van der Waals surface area contributed by atoms with Gasteiger partial charge in [-0.15, -0.1) is 0 Å². The van der Waals surface area contributed by atoms with E-state index >= 15 is 0 Å². The quantitative estimate of drug-likeness (QED) is 0.298. The van der Waals surface area contributed by atoms with Gasteiger partial charge in [-0.1, -0.05) is 0 Å². The van der Waals surface area contributed by atoms with Gasteiger partial charge in [0.25, 0.3) is 0 Å². The molecule has 0 rings (SSSR count). The second-order valence-electron chi connectivity index (χ2n) is 0.224. The smallest absolute Gasteiger partial charge is 0.412 e. The van der Waals surface area contributed by atoms with E-state index < -0.39 is 5.09 Å². The zero-order valence-corrected chi connectivity index (χ0v) is 8.78. The predicted molar refractivity (Wildman–Crippen MR) is 28.4 cm³/mol. The van der Waals surface area contributed by atoms with Crippen molar-refractivity contribution in [3.05, 3.63) is 15.3 Å². The Labute approximate surface area is 87.4 Å². The standard InChI is InChI=1S/NO3.5H2O.Th/c2-1(3)4;;;;;;/h;5*1H2;/q-1;;;;;;+2. The summed E-state index contributed by atoms with van der Waals surface area (Å²) in [6.07, 6.45) is 0. The molecule has 66 valence electrons. The van der Waals surface area contributed by atoms with E-state index in [-0.39, 0.29) is 67.3 Å². The SMILES string of the molecule is O.O.O.O.O.O=[N+]([O-])[O-].[Th+2]. The maximum Gasteiger partial charge on any atom is 2.00 e.